The van der Waals surface area contributed by atoms with Gasteiger partial charge < -0.3 is 19.8 Å². The lowest BCUT2D eigenvalue weighted by Gasteiger charge is -2.25. The van der Waals surface area contributed by atoms with Crippen LogP contribution in [0.5, 0.6) is 0 Å². The first kappa shape index (κ1) is 43.2. The van der Waals surface area contributed by atoms with Crippen molar-refractivity contribution in [2.24, 2.45) is 0 Å². The van der Waals surface area contributed by atoms with Crippen LogP contribution in [0.2, 0.25) is 0 Å². The normalized spacial score (nSPS) is 15.6. The number of allylic oxidation sites excluding steroid dienone is 9. The van der Waals surface area contributed by atoms with Crippen LogP contribution < -0.4 is 5.32 Å². The van der Waals surface area contributed by atoms with Gasteiger partial charge in [-0.25, -0.2) is 4.57 Å². The van der Waals surface area contributed by atoms with E-state index in [1.807, 2.05) is 27.2 Å². The van der Waals surface area contributed by atoms with E-state index in [2.05, 4.69) is 67.8 Å². The van der Waals surface area contributed by atoms with Crippen molar-refractivity contribution < 1.29 is 32.9 Å². The van der Waals surface area contributed by atoms with Crippen LogP contribution in [0.25, 0.3) is 0 Å². The van der Waals surface area contributed by atoms with Crippen LogP contribution >= 0.6 is 7.82 Å². The van der Waals surface area contributed by atoms with E-state index in [0.29, 0.717) is 17.4 Å². The van der Waals surface area contributed by atoms with E-state index in [0.717, 1.165) is 64.2 Å². The van der Waals surface area contributed by atoms with Crippen LogP contribution in [0, 0.1) is 0 Å². The number of aliphatic hydroxyl groups is 1. The molecule has 9 heteroatoms. The van der Waals surface area contributed by atoms with E-state index in [-0.39, 0.29) is 19.1 Å². The van der Waals surface area contributed by atoms with Crippen LogP contribution in [0.4, 0.5) is 0 Å². The summed E-state index contributed by atoms with van der Waals surface area (Å²) in [6, 6.07) is -0.876. The number of carbonyl (C=O) groups is 1. The molecule has 0 radical (unpaired) electrons. The molecule has 1 amide bonds. The Morgan fingerprint density at radius 3 is 2.00 bits per heavy atom. The molecule has 0 fully saturated rings. The van der Waals surface area contributed by atoms with Gasteiger partial charge in [-0.1, -0.05) is 100 Å². The molecule has 3 atom stereocenters. The van der Waals surface area contributed by atoms with Crippen molar-refractivity contribution in [1.82, 2.24) is 5.32 Å². The number of nitrogens with zero attached hydrogens (tertiary/aromatic N) is 1. The summed E-state index contributed by atoms with van der Waals surface area (Å²) < 4.78 is 23.3. The monoisotopic (exact) mass is 653 g/mol. The van der Waals surface area contributed by atoms with Gasteiger partial charge in [-0.15, -0.1) is 0 Å². The SMILES string of the molecule is CC/C=C\C/C=C\C/C=C\CCCCCC(=O)NC(COP(=O)(O)OCC[N+](C)(C)C)C(O)/C=C/CC/C=C/CCCCCC. The number of phosphoric ester groups is 1. The Labute approximate surface area is 275 Å². The summed E-state index contributed by atoms with van der Waals surface area (Å²) in [5.74, 6) is -0.224. The molecule has 45 heavy (non-hydrogen) atoms. The van der Waals surface area contributed by atoms with E-state index in [9.17, 15) is 19.4 Å². The van der Waals surface area contributed by atoms with Gasteiger partial charge in [0.1, 0.15) is 13.2 Å². The standard InChI is InChI=1S/C36H65N2O6P/c1-6-8-10-12-14-16-18-19-20-22-24-26-28-30-36(40)37-34(33-44-45(41,42)43-32-31-38(3,4)5)35(39)29-27-25-23-21-17-15-13-11-9-7-2/h8,10,14,16-17,19-21,27,29,34-35,39H,6-7,9,11-13,15,18,22-26,28,30-33H2,1-5H3,(H-,37,40,41,42)/p+1/b10-8-,16-14-,20-19-,21-17+,29-27+. The summed E-state index contributed by atoms with van der Waals surface area (Å²) >= 11 is 0. The fourth-order valence-corrected chi connectivity index (χ4v) is 4.92. The molecule has 0 aliphatic carbocycles. The molecule has 0 aromatic rings. The summed E-state index contributed by atoms with van der Waals surface area (Å²) in [5.41, 5.74) is 0. The molecule has 8 nitrogen and oxygen atoms in total. The zero-order valence-corrected chi connectivity index (χ0v) is 30.0. The molecule has 0 aromatic carbocycles. The van der Waals surface area contributed by atoms with Crippen LogP contribution in [0.3, 0.4) is 0 Å². The van der Waals surface area contributed by atoms with Crippen LogP contribution in [0.15, 0.2) is 60.8 Å². The van der Waals surface area contributed by atoms with Crippen molar-refractivity contribution in [2.75, 3.05) is 40.9 Å². The zero-order chi connectivity index (χ0) is 33.7. The number of likely N-dealkylation sites (N-methyl/N-ethyl adjacent to an activating group) is 1. The number of rotatable bonds is 29. The van der Waals surface area contributed by atoms with Crippen molar-refractivity contribution in [3.05, 3.63) is 60.8 Å². The molecular formula is C36H66N2O6P+. The number of hydrogen-bond acceptors (Lipinski definition) is 5. The third kappa shape index (κ3) is 30.6. The number of carbonyl (C=O) groups excluding carboxylic acids is 1. The van der Waals surface area contributed by atoms with Gasteiger partial charge in [0.25, 0.3) is 0 Å². The number of aliphatic hydroxyl groups excluding tert-OH is 1. The second-order valence-electron chi connectivity index (χ2n) is 12.5. The van der Waals surface area contributed by atoms with Gasteiger partial charge in [0.15, 0.2) is 0 Å². The molecule has 0 spiro atoms. The third-order valence-corrected chi connectivity index (χ3v) is 7.96. The highest BCUT2D eigenvalue weighted by molar-refractivity contribution is 7.47. The summed E-state index contributed by atoms with van der Waals surface area (Å²) in [5, 5.41) is 13.6. The predicted molar refractivity (Wildman–Crippen MR) is 189 cm³/mol. The molecule has 0 saturated carbocycles. The zero-order valence-electron chi connectivity index (χ0n) is 29.1. The largest absolute Gasteiger partial charge is 0.472 e. The Morgan fingerprint density at radius 2 is 1.36 bits per heavy atom. The number of hydrogen-bond donors (Lipinski definition) is 3. The summed E-state index contributed by atoms with van der Waals surface area (Å²) in [7, 11) is 1.52. The van der Waals surface area contributed by atoms with Crippen molar-refractivity contribution in [2.45, 2.75) is 122 Å². The summed E-state index contributed by atoms with van der Waals surface area (Å²) in [6.45, 7) is 4.56. The van der Waals surface area contributed by atoms with Gasteiger partial charge >= 0.3 is 7.82 Å². The van der Waals surface area contributed by atoms with Crippen molar-refractivity contribution in [1.29, 1.82) is 0 Å². The quantitative estimate of drug-likeness (QED) is 0.0324. The minimum atomic E-state index is -4.34. The minimum absolute atomic E-state index is 0.0470. The lowest BCUT2D eigenvalue weighted by molar-refractivity contribution is -0.870. The molecule has 0 rings (SSSR count). The number of amides is 1. The highest BCUT2D eigenvalue weighted by atomic mass is 31.2. The Morgan fingerprint density at radius 1 is 0.778 bits per heavy atom. The molecule has 260 valence electrons. The second-order valence-corrected chi connectivity index (χ2v) is 13.9. The van der Waals surface area contributed by atoms with E-state index in [4.69, 9.17) is 9.05 Å². The average Bonchev–Trinajstić information content (AvgIpc) is 2.97. The van der Waals surface area contributed by atoms with Crippen molar-refractivity contribution in [3.8, 4) is 0 Å². The maximum absolute atomic E-state index is 12.7. The lowest BCUT2D eigenvalue weighted by atomic mass is 10.1. The smallest absolute Gasteiger partial charge is 0.387 e. The Kier molecular flexibility index (Phi) is 27.3. The van der Waals surface area contributed by atoms with Gasteiger partial charge in [-0.05, 0) is 64.2 Å². The second kappa shape index (κ2) is 28.4. The minimum Gasteiger partial charge on any atom is -0.387 e. The van der Waals surface area contributed by atoms with E-state index in [1.54, 1.807) is 6.08 Å². The molecule has 0 aliphatic rings. The molecule has 3 N–H and O–H groups in total. The fourth-order valence-electron chi connectivity index (χ4n) is 4.18. The van der Waals surface area contributed by atoms with E-state index < -0.39 is 20.0 Å². The first-order chi connectivity index (χ1) is 21.5. The molecule has 0 heterocycles. The molecule has 0 aromatic heterocycles. The van der Waals surface area contributed by atoms with Crippen molar-refractivity contribution >= 4 is 13.7 Å². The third-order valence-electron chi connectivity index (χ3n) is 6.97. The van der Waals surface area contributed by atoms with Gasteiger partial charge in [-0.2, -0.15) is 0 Å². The summed E-state index contributed by atoms with van der Waals surface area (Å²) in [6.07, 6.45) is 34.4. The number of quaternary nitrogens is 1. The predicted octanol–water partition coefficient (Wildman–Crippen LogP) is 8.34. The first-order valence-corrected chi connectivity index (χ1v) is 18.7. The maximum Gasteiger partial charge on any atom is 0.472 e. The molecule has 0 aliphatic heterocycles. The van der Waals surface area contributed by atoms with E-state index >= 15 is 0 Å². The molecule has 3 unspecified atom stereocenters. The first-order valence-electron chi connectivity index (χ1n) is 17.2. The Balaban J connectivity index is 4.72. The molecule has 0 bridgehead atoms. The highest BCUT2D eigenvalue weighted by Gasteiger charge is 2.27. The Bertz CT molecular complexity index is 923. The molecule has 0 saturated heterocycles. The van der Waals surface area contributed by atoms with E-state index in [1.165, 1.54) is 25.7 Å². The lowest BCUT2D eigenvalue weighted by Crippen LogP contribution is -2.45. The van der Waals surface area contributed by atoms with Gasteiger partial charge in [0.05, 0.1) is 39.9 Å². The average molecular weight is 654 g/mol. The summed E-state index contributed by atoms with van der Waals surface area (Å²) in [4.78, 5) is 22.9. The topological polar surface area (TPSA) is 105 Å². The van der Waals surface area contributed by atoms with Gasteiger partial charge in [0, 0.05) is 6.42 Å². The number of nitrogens with one attached hydrogen (secondary N) is 1. The molecular weight excluding hydrogens is 587 g/mol. The van der Waals surface area contributed by atoms with Crippen LogP contribution in [-0.2, 0) is 18.4 Å². The maximum atomic E-state index is 12.7. The fraction of sp³-hybridized carbons (Fsp3) is 0.694. The number of unbranched alkanes of at least 4 members (excludes halogenated alkanes) is 8. The van der Waals surface area contributed by atoms with Crippen LogP contribution in [-0.4, -0.2) is 73.4 Å². The Hall–Kier alpha value is -1.80. The van der Waals surface area contributed by atoms with Crippen LogP contribution in [0.1, 0.15) is 110 Å². The number of phosphoric acid groups is 1. The van der Waals surface area contributed by atoms with Gasteiger partial charge in [-0.3, -0.25) is 13.8 Å². The van der Waals surface area contributed by atoms with Gasteiger partial charge in [0.2, 0.25) is 5.91 Å². The highest BCUT2D eigenvalue weighted by Crippen LogP contribution is 2.43. The van der Waals surface area contributed by atoms with Crippen molar-refractivity contribution in [3.63, 3.8) is 0 Å².